The van der Waals surface area contributed by atoms with Crippen LogP contribution < -0.4 is 10.6 Å². The van der Waals surface area contributed by atoms with Crippen LogP contribution in [0.1, 0.15) is 18.4 Å². The monoisotopic (exact) mass is 337 g/mol. The van der Waals surface area contributed by atoms with Crippen LogP contribution in [-0.4, -0.2) is 24.6 Å². The van der Waals surface area contributed by atoms with E-state index in [0.717, 1.165) is 18.9 Å². The van der Waals surface area contributed by atoms with Crippen molar-refractivity contribution >= 4 is 21.7 Å². The highest BCUT2D eigenvalue weighted by atomic mass is 79.9. The summed E-state index contributed by atoms with van der Waals surface area (Å²) in [6.45, 7) is 0.330. The number of hydrogen-bond acceptors (Lipinski definition) is 3. The first-order chi connectivity index (χ1) is 8.84. The number of nitrogens with two attached hydrogens (primary N) is 1. The topological polar surface area (TPSA) is 42.2 Å². The maximum atomic E-state index is 13.1. The third kappa shape index (κ3) is 3.20. The molecule has 0 radical (unpaired) electrons. The van der Waals surface area contributed by atoms with Gasteiger partial charge in [-0.3, -0.25) is 0 Å². The van der Waals surface area contributed by atoms with E-state index in [1.54, 1.807) is 11.9 Å². The van der Waals surface area contributed by atoms with Gasteiger partial charge in [0.1, 0.15) is 5.82 Å². The standard InChI is InChI=1S/C12H15BrF3N3/c1-19(10(5-17)7-2-3-7)11-9(12(14,15)16)4-8(13)6-18-11/h4,6-7,10H,2-3,5,17H2,1H3. The Hall–Kier alpha value is -0.820. The van der Waals surface area contributed by atoms with Crippen molar-refractivity contribution in [3.63, 3.8) is 0 Å². The molecule has 2 N–H and O–H groups in total. The molecule has 0 aliphatic heterocycles. The van der Waals surface area contributed by atoms with Crippen molar-refractivity contribution < 1.29 is 13.2 Å². The molecule has 1 atom stereocenters. The Morgan fingerprint density at radius 3 is 2.63 bits per heavy atom. The fourth-order valence-corrected chi connectivity index (χ4v) is 2.56. The van der Waals surface area contributed by atoms with Crippen molar-refractivity contribution in [1.82, 2.24) is 4.98 Å². The van der Waals surface area contributed by atoms with Crippen LogP contribution in [0.15, 0.2) is 16.7 Å². The van der Waals surface area contributed by atoms with Gasteiger partial charge in [0.15, 0.2) is 0 Å². The molecule has 2 rings (SSSR count). The minimum absolute atomic E-state index is 0.0574. The molecule has 7 heteroatoms. The molecule has 1 saturated carbocycles. The normalized spacial score (nSPS) is 17.4. The van der Waals surface area contributed by atoms with Crippen LogP contribution in [0.5, 0.6) is 0 Å². The smallest absolute Gasteiger partial charge is 0.355 e. The fraction of sp³-hybridized carbons (Fsp3) is 0.583. The predicted octanol–water partition coefficient (Wildman–Crippen LogP) is 3.04. The zero-order chi connectivity index (χ0) is 14.2. The minimum atomic E-state index is -4.43. The number of nitrogens with zero attached hydrogens (tertiary/aromatic N) is 2. The van der Waals surface area contributed by atoms with E-state index in [1.807, 2.05) is 0 Å². The van der Waals surface area contributed by atoms with Gasteiger partial charge in [0.2, 0.25) is 0 Å². The summed E-state index contributed by atoms with van der Waals surface area (Å²) in [6.07, 6.45) is -1.02. The molecule has 1 fully saturated rings. The number of anilines is 1. The summed E-state index contributed by atoms with van der Waals surface area (Å²) in [5, 5.41) is 0. The molecule has 0 aromatic carbocycles. The minimum Gasteiger partial charge on any atom is -0.355 e. The first kappa shape index (κ1) is 14.6. The van der Waals surface area contributed by atoms with E-state index in [1.165, 1.54) is 6.20 Å². The second-order valence-corrected chi connectivity index (χ2v) is 5.69. The fourth-order valence-electron chi connectivity index (χ4n) is 2.23. The molecule has 106 valence electrons. The SMILES string of the molecule is CN(c1ncc(Br)cc1C(F)(F)F)C(CN)C1CC1. The molecule has 3 nitrogen and oxygen atoms in total. The van der Waals surface area contributed by atoms with E-state index in [0.29, 0.717) is 16.9 Å². The van der Waals surface area contributed by atoms with Crippen molar-refractivity contribution in [1.29, 1.82) is 0 Å². The molecule has 1 aliphatic rings. The lowest BCUT2D eigenvalue weighted by atomic mass is 10.1. The summed E-state index contributed by atoms with van der Waals surface area (Å²) in [7, 11) is 1.63. The van der Waals surface area contributed by atoms with Gasteiger partial charge in [0.05, 0.1) is 5.56 Å². The van der Waals surface area contributed by atoms with E-state index < -0.39 is 11.7 Å². The van der Waals surface area contributed by atoms with Gasteiger partial charge in [-0.2, -0.15) is 13.2 Å². The summed E-state index contributed by atoms with van der Waals surface area (Å²) >= 11 is 3.03. The van der Waals surface area contributed by atoms with Crippen molar-refractivity contribution in [2.75, 3.05) is 18.5 Å². The zero-order valence-corrected chi connectivity index (χ0v) is 12.0. The number of pyridine rings is 1. The van der Waals surface area contributed by atoms with Gasteiger partial charge in [0, 0.05) is 30.3 Å². The Morgan fingerprint density at radius 1 is 1.53 bits per heavy atom. The summed E-state index contributed by atoms with van der Waals surface area (Å²) in [6, 6.07) is 0.967. The number of halogens is 4. The van der Waals surface area contributed by atoms with Crippen LogP contribution in [0.4, 0.5) is 19.0 Å². The average Bonchev–Trinajstić information content (AvgIpc) is 3.13. The summed E-state index contributed by atoms with van der Waals surface area (Å²) in [5.41, 5.74) is 4.95. The lowest BCUT2D eigenvalue weighted by molar-refractivity contribution is -0.137. The highest BCUT2D eigenvalue weighted by Gasteiger charge is 2.39. The van der Waals surface area contributed by atoms with E-state index in [4.69, 9.17) is 5.73 Å². The van der Waals surface area contributed by atoms with Crippen LogP contribution in [0, 0.1) is 5.92 Å². The number of likely N-dealkylation sites (N-methyl/N-ethyl adjacent to an activating group) is 1. The van der Waals surface area contributed by atoms with Crippen LogP contribution in [0.2, 0.25) is 0 Å². The molecular formula is C12H15BrF3N3. The lowest BCUT2D eigenvalue weighted by Gasteiger charge is -2.30. The van der Waals surface area contributed by atoms with E-state index in [2.05, 4.69) is 20.9 Å². The second-order valence-electron chi connectivity index (χ2n) is 4.77. The van der Waals surface area contributed by atoms with E-state index in [9.17, 15) is 13.2 Å². The maximum Gasteiger partial charge on any atom is 0.419 e. The lowest BCUT2D eigenvalue weighted by Crippen LogP contribution is -2.41. The molecule has 1 aliphatic carbocycles. The Morgan fingerprint density at radius 2 is 2.16 bits per heavy atom. The van der Waals surface area contributed by atoms with Crippen molar-refractivity contribution in [3.05, 3.63) is 22.3 Å². The Balaban J connectivity index is 2.37. The molecule has 0 saturated heterocycles. The van der Waals surface area contributed by atoms with E-state index >= 15 is 0 Å². The van der Waals surface area contributed by atoms with Crippen molar-refractivity contribution in [2.45, 2.75) is 25.1 Å². The molecule has 19 heavy (non-hydrogen) atoms. The Bertz CT molecular complexity index is 460. The third-order valence-corrected chi connectivity index (χ3v) is 3.81. The molecule has 0 spiro atoms. The van der Waals surface area contributed by atoms with Gasteiger partial charge in [-0.1, -0.05) is 0 Å². The third-order valence-electron chi connectivity index (χ3n) is 3.38. The van der Waals surface area contributed by atoms with Gasteiger partial charge in [-0.05, 0) is 40.8 Å². The summed E-state index contributed by atoms with van der Waals surface area (Å²) in [5.74, 6) is 0.319. The molecule has 1 aromatic rings. The first-order valence-corrected chi connectivity index (χ1v) is 6.79. The van der Waals surface area contributed by atoms with Gasteiger partial charge in [-0.25, -0.2) is 4.98 Å². The molecule has 1 unspecified atom stereocenters. The quantitative estimate of drug-likeness (QED) is 0.918. The van der Waals surface area contributed by atoms with Crippen LogP contribution >= 0.6 is 15.9 Å². The molecule has 0 amide bonds. The zero-order valence-electron chi connectivity index (χ0n) is 10.4. The van der Waals surface area contributed by atoms with E-state index in [-0.39, 0.29) is 11.9 Å². The molecule has 1 heterocycles. The van der Waals surface area contributed by atoms with Crippen LogP contribution in [0.3, 0.4) is 0 Å². The molecule has 0 bridgehead atoms. The van der Waals surface area contributed by atoms with Crippen LogP contribution in [0.25, 0.3) is 0 Å². The van der Waals surface area contributed by atoms with Crippen molar-refractivity contribution in [3.8, 4) is 0 Å². The number of alkyl halides is 3. The Labute approximate surface area is 118 Å². The number of aromatic nitrogens is 1. The maximum absolute atomic E-state index is 13.1. The van der Waals surface area contributed by atoms with Crippen molar-refractivity contribution in [2.24, 2.45) is 11.7 Å². The second kappa shape index (κ2) is 5.28. The molecule has 1 aromatic heterocycles. The number of hydrogen-bond donors (Lipinski definition) is 1. The summed E-state index contributed by atoms with van der Waals surface area (Å²) < 4.78 is 39.5. The first-order valence-electron chi connectivity index (χ1n) is 6.00. The average molecular weight is 338 g/mol. The highest BCUT2D eigenvalue weighted by molar-refractivity contribution is 9.10. The van der Waals surface area contributed by atoms with Gasteiger partial charge in [-0.15, -0.1) is 0 Å². The van der Waals surface area contributed by atoms with Gasteiger partial charge in [0.25, 0.3) is 0 Å². The molecular weight excluding hydrogens is 323 g/mol. The highest BCUT2D eigenvalue weighted by Crippen LogP contribution is 2.40. The van der Waals surface area contributed by atoms with Gasteiger partial charge < -0.3 is 10.6 Å². The number of rotatable bonds is 4. The van der Waals surface area contributed by atoms with Gasteiger partial charge >= 0.3 is 6.18 Å². The van der Waals surface area contributed by atoms with Crippen LogP contribution in [-0.2, 0) is 6.18 Å². The predicted molar refractivity (Wildman–Crippen MR) is 70.9 cm³/mol. The largest absolute Gasteiger partial charge is 0.419 e. The Kier molecular flexibility index (Phi) is 4.06. The summed E-state index contributed by atoms with van der Waals surface area (Å²) in [4.78, 5) is 5.49.